The third-order valence-electron chi connectivity index (χ3n) is 2.76. The number of nitrogens with zero attached hydrogens (tertiary/aromatic N) is 2. The van der Waals surface area contributed by atoms with Crippen LogP contribution in [-0.2, 0) is 6.42 Å². The average molecular weight is 259 g/mol. The van der Waals surface area contributed by atoms with Crippen molar-refractivity contribution in [3.63, 3.8) is 0 Å². The molecule has 0 aromatic carbocycles. The molecule has 0 amide bonds. The molecule has 0 radical (unpaired) electrons. The van der Waals surface area contributed by atoms with Gasteiger partial charge in [-0.15, -0.1) is 0 Å². The molecule has 0 spiro atoms. The molecule has 5 heteroatoms. The Balaban J connectivity index is 2.42. The van der Waals surface area contributed by atoms with Crippen LogP contribution in [0.25, 0.3) is 11.3 Å². The SMILES string of the molecule is CCCOc1cncc(-c2nc[nH]c(=O)c2CC)c1. The molecule has 2 aromatic heterocycles. The Morgan fingerprint density at radius 2 is 2.16 bits per heavy atom. The van der Waals surface area contributed by atoms with Crippen LogP contribution in [0.5, 0.6) is 5.75 Å². The van der Waals surface area contributed by atoms with Crippen LogP contribution in [0.1, 0.15) is 25.8 Å². The highest BCUT2D eigenvalue weighted by Gasteiger charge is 2.10. The fraction of sp³-hybridized carbons (Fsp3) is 0.357. The highest BCUT2D eigenvalue weighted by Crippen LogP contribution is 2.22. The van der Waals surface area contributed by atoms with E-state index in [1.165, 1.54) is 6.33 Å². The molecule has 0 aliphatic heterocycles. The zero-order valence-electron chi connectivity index (χ0n) is 11.1. The van der Waals surface area contributed by atoms with Crippen molar-refractivity contribution < 1.29 is 4.74 Å². The molecule has 2 rings (SSSR count). The van der Waals surface area contributed by atoms with E-state index in [0.29, 0.717) is 30.0 Å². The first-order valence-corrected chi connectivity index (χ1v) is 6.41. The molecule has 0 atom stereocenters. The van der Waals surface area contributed by atoms with Gasteiger partial charge in [0.1, 0.15) is 5.75 Å². The van der Waals surface area contributed by atoms with Crippen LogP contribution < -0.4 is 10.3 Å². The molecule has 0 bridgehead atoms. The summed E-state index contributed by atoms with van der Waals surface area (Å²) in [6.07, 6.45) is 6.33. The summed E-state index contributed by atoms with van der Waals surface area (Å²) in [5.74, 6) is 0.698. The molecule has 0 aliphatic rings. The van der Waals surface area contributed by atoms with E-state index in [0.717, 1.165) is 12.0 Å². The summed E-state index contributed by atoms with van der Waals surface area (Å²) in [7, 11) is 0. The summed E-state index contributed by atoms with van der Waals surface area (Å²) in [5.41, 5.74) is 2.03. The predicted octanol–water partition coefficient (Wildman–Crippen LogP) is 2.18. The molecule has 5 nitrogen and oxygen atoms in total. The number of aromatic amines is 1. The third-order valence-corrected chi connectivity index (χ3v) is 2.76. The number of hydrogen-bond donors (Lipinski definition) is 1. The van der Waals surface area contributed by atoms with E-state index in [4.69, 9.17) is 4.74 Å². The molecule has 19 heavy (non-hydrogen) atoms. The van der Waals surface area contributed by atoms with Crippen molar-refractivity contribution >= 4 is 0 Å². The van der Waals surface area contributed by atoms with Gasteiger partial charge in [0, 0.05) is 17.3 Å². The van der Waals surface area contributed by atoms with Gasteiger partial charge in [-0.3, -0.25) is 9.78 Å². The van der Waals surface area contributed by atoms with Crippen LogP contribution in [0.2, 0.25) is 0 Å². The van der Waals surface area contributed by atoms with Crippen LogP contribution in [-0.4, -0.2) is 21.6 Å². The minimum atomic E-state index is -0.104. The zero-order chi connectivity index (χ0) is 13.7. The Bertz CT molecular complexity index is 608. The largest absolute Gasteiger partial charge is 0.492 e. The van der Waals surface area contributed by atoms with E-state index < -0.39 is 0 Å². The van der Waals surface area contributed by atoms with Gasteiger partial charge in [-0.05, 0) is 18.9 Å². The van der Waals surface area contributed by atoms with Gasteiger partial charge in [-0.1, -0.05) is 13.8 Å². The van der Waals surface area contributed by atoms with E-state index in [2.05, 4.69) is 15.0 Å². The summed E-state index contributed by atoms with van der Waals surface area (Å²) >= 11 is 0. The van der Waals surface area contributed by atoms with Crippen molar-refractivity contribution in [1.29, 1.82) is 0 Å². The van der Waals surface area contributed by atoms with Crippen LogP contribution in [0.4, 0.5) is 0 Å². The van der Waals surface area contributed by atoms with Crippen LogP contribution >= 0.6 is 0 Å². The second kappa shape index (κ2) is 6.13. The van der Waals surface area contributed by atoms with Gasteiger partial charge in [0.05, 0.1) is 24.8 Å². The van der Waals surface area contributed by atoms with Crippen molar-refractivity contribution in [3.05, 3.63) is 40.7 Å². The average Bonchev–Trinajstić information content (AvgIpc) is 2.45. The molecular formula is C14H17N3O2. The molecule has 0 saturated carbocycles. The Morgan fingerprint density at radius 1 is 1.32 bits per heavy atom. The number of H-pyrrole nitrogens is 1. The number of aromatic nitrogens is 3. The Hall–Kier alpha value is -2.17. The van der Waals surface area contributed by atoms with Gasteiger partial charge < -0.3 is 9.72 Å². The lowest BCUT2D eigenvalue weighted by Crippen LogP contribution is -2.14. The molecule has 1 N–H and O–H groups in total. The lowest BCUT2D eigenvalue weighted by molar-refractivity contribution is 0.316. The lowest BCUT2D eigenvalue weighted by Gasteiger charge is -2.08. The Labute approximate surface area is 111 Å². The molecule has 0 fully saturated rings. The van der Waals surface area contributed by atoms with Crippen LogP contribution in [0, 0.1) is 0 Å². The maximum atomic E-state index is 11.8. The van der Waals surface area contributed by atoms with Gasteiger partial charge in [-0.25, -0.2) is 4.98 Å². The third kappa shape index (κ3) is 2.99. The summed E-state index contributed by atoms with van der Waals surface area (Å²) in [6, 6.07) is 1.86. The number of pyridine rings is 1. The first-order chi connectivity index (χ1) is 9.26. The van der Waals surface area contributed by atoms with Crippen molar-refractivity contribution in [2.45, 2.75) is 26.7 Å². The lowest BCUT2D eigenvalue weighted by atomic mass is 10.1. The fourth-order valence-electron chi connectivity index (χ4n) is 1.85. The molecule has 2 heterocycles. The summed E-state index contributed by atoms with van der Waals surface area (Å²) in [4.78, 5) is 22.7. The van der Waals surface area contributed by atoms with Gasteiger partial charge >= 0.3 is 0 Å². The molecule has 0 aliphatic carbocycles. The second-order valence-electron chi connectivity index (χ2n) is 4.17. The van der Waals surface area contributed by atoms with Crippen molar-refractivity contribution in [2.24, 2.45) is 0 Å². The molecule has 0 saturated heterocycles. The van der Waals surface area contributed by atoms with Gasteiger partial charge in [0.25, 0.3) is 5.56 Å². The van der Waals surface area contributed by atoms with Crippen molar-refractivity contribution in [3.8, 4) is 17.0 Å². The van der Waals surface area contributed by atoms with Crippen LogP contribution in [0.3, 0.4) is 0 Å². The monoisotopic (exact) mass is 259 g/mol. The smallest absolute Gasteiger partial charge is 0.254 e. The van der Waals surface area contributed by atoms with Gasteiger partial charge in [-0.2, -0.15) is 0 Å². The van der Waals surface area contributed by atoms with Crippen molar-refractivity contribution in [2.75, 3.05) is 6.61 Å². The molecule has 2 aromatic rings. The number of ether oxygens (including phenoxy) is 1. The summed E-state index contributed by atoms with van der Waals surface area (Å²) < 4.78 is 5.54. The fourth-order valence-corrected chi connectivity index (χ4v) is 1.85. The summed E-state index contributed by atoms with van der Waals surface area (Å²) in [5, 5.41) is 0. The molecular weight excluding hydrogens is 242 g/mol. The van der Waals surface area contributed by atoms with E-state index in [-0.39, 0.29) is 5.56 Å². The predicted molar refractivity (Wildman–Crippen MR) is 73.3 cm³/mol. The highest BCUT2D eigenvalue weighted by molar-refractivity contribution is 5.62. The zero-order valence-corrected chi connectivity index (χ0v) is 11.1. The minimum absolute atomic E-state index is 0.104. The van der Waals surface area contributed by atoms with Gasteiger partial charge in [0.15, 0.2) is 0 Å². The Kier molecular flexibility index (Phi) is 4.28. The number of hydrogen-bond acceptors (Lipinski definition) is 4. The van der Waals surface area contributed by atoms with Crippen molar-refractivity contribution in [1.82, 2.24) is 15.0 Å². The van der Waals surface area contributed by atoms with E-state index in [1.54, 1.807) is 12.4 Å². The maximum Gasteiger partial charge on any atom is 0.254 e. The Morgan fingerprint density at radius 3 is 2.89 bits per heavy atom. The topological polar surface area (TPSA) is 67.9 Å². The normalized spacial score (nSPS) is 10.4. The van der Waals surface area contributed by atoms with E-state index in [9.17, 15) is 4.79 Å². The first kappa shape index (κ1) is 13.3. The second-order valence-corrected chi connectivity index (χ2v) is 4.17. The maximum absolute atomic E-state index is 11.8. The quantitative estimate of drug-likeness (QED) is 0.893. The molecule has 0 unspecified atom stereocenters. The van der Waals surface area contributed by atoms with E-state index in [1.807, 2.05) is 19.9 Å². The van der Waals surface area contributed by atoms with E-state index >= 15 is 0 Å². The molecule has 100 valence electrons. The van der Waals surface area contributed by atoms with Crippen LogP contribution in [0.15, 0.2) is 29.6 Å². The highest BCUT2D eigenvalue weighted by atomic mass is 16.5. The van der Waals surface area contributed by atoms with Gasteiger partial charge in [0.2, 0.25) is 0 Å². The standard InChI is InChI=1S/C14H17N3O2/c1-3-5-19-11-6-10(7-15-8-11)13-12(4-2)14(18)17-9-16-13/h6-9H,3-5H2,1-2H3,(H,16,17,18). The number of nitrogens with one attached hydrogen (secondary N) is 1. The first-order valence-electron chi connectivity index (χ1n) is 6.41. The minimum Gasteiger partial charge on any atom is -0.492 e. The summed E-state index contributed by atoms with van der Waals surface area (Å²) in [6.45, 7) is 4.62. The number of rotatable bonds is 5.